The van der Waals surface area contributed by atoms with Crippen molar-refractivity contribution in [2.24, 2.45) is 0 Å². The maximum absolute atomic E-state index is 12.2. The number of rotatable bonds is 2. The maximum Gasteiger partial charge on any atom is 0.255 e. The molecule has 0 atom stereocenters. The van der Waals surface area contributed by atoms with Crippen molar-refractivity contribution in [3.05, 3.63) is 45.7 Å². The topological polar surface area (TPSA) is 60.5 Å². The lowest BCUT2D eigenvalue weighted by atomic mass is 10.2. The Kier molecular flexibility index (Phi) is 3.61. The molecular formula is C14H10Cl2N2O3. The molecule has 1 N–H and O–H groups in total. The lowest BCUT2D eigenvalue weighted by molar-refractivity contribution is 0.102. The third-order valence-corrected chi connectivity index (χ3v) is 3.40. The number of hydrogen-bond acceptors (Lipinski definition) is 4. The molecule has 1 aliphatic rings. The standard InChI is InChI=1S/C14H10Cl2N2O3/c1-7-2-8(3-13(16)17-7)14(19)18-10-5-12-11(4-9(10)15)20-6-21-12/h2-5H,6H2,1H3,(H,18,19). The number of pyridine rings is 1. The van der Waals surface area contributed by atoms with Crippen molar-refractivity contribution in [2.75, 3.05) is 12.1 Å². The molecule has 0 saturated heterocycles. The van der Waals surface area contributed by atoms with Crippen LogP contribution in [0.5, 0.6) is 11.5 Å². The zero-order valence-electron chi connectivity index (χ0n) is 10.9. The second-order valence-electron chi connectivity index (χ2n) is 4.46. The largest absolute Gasteiger partial charge is 0.454 e. The summed E-state index contributed by atoms with van der Waals surface area (Å²) in [5, 5.41) is 3.34. The minimum absolute atomic E-state index is 0.141. The molecule has 0 radical (unpaired) electrons. The van der Waals surface area contributed by atoms with Crippen LogP contribution >= 0.6 is 23.2 Å². The first-order valence-electron chi connectivity index (χ1n) is 6.07. The summed E-state index contributed by atoms with van der Waals surface area (Å²) in [6, 6.07) is 6.36. The fourth-order valence-electron chi connectivity index (χ4n) is 1.97. The molecule has 0 spiro atoms. The molecule has 0 bridgehead atoms. The van der Waals surface area contributed by atoms with Crippen molar-refractivity contribution in [1.82, 2.24) is 4.98 Å². The van der Waals surface area contributed by atoms with Gasteiger partial charge < -0.3 is 14.8 Å². The van der Waals surface area contributed by atoms with E-state index in [0.29, 0.717) is 33.5 Å². The number of amides is 1. The Balaban J connectivity index is 1.88. The number of hydrogen-bond donors (Lipinski definition) is 1. The second-order valence-corrected chi connectivity index (χ2v) is 5.25. The van der Waals surface area contributed by atoms with Gasteiger partial charge in [0.15, 0.2) is 11.5 Å². The summed E-state index contributed by atoms with van der Waals surface area (Å²) in [6.07, 6.45) is 0. The first-order chi connectivity index (χ1) is 10.0. The Morgan fingerprint density at radius 2 is 1.90 bits per heavy atom. The number of carbonyl (C=O) groups excluding carboxylic acids is 1. The van der Waals surface area contributed by atoms with Gasteiger partial charge in [-0.15, -0.1) is 0 Å². The number of fused-ring (bicyclic) bond motifs is 1. The van der Waals surface area contributed by atoms with Gasteiger partial charge in [-0.3, -0.25) is 4.79 Å². The number of ether oxygens (including phenoxy) is 2. The molecule has 2 heterocycles. The van der Waals surface area contributed by atoms with Gasteiger partial charge in [-0.2, -0.15) is 0 Å². The van der Waals surface area contributed by atoms with Crippen molar-refractivity contribution < 1.29 is 14.3 Å². The molecule has 1 amide bonds. The van der Waals surface area contributed by atoms with E-state index in [9.17, 15) is 4.79 Å². The number of aryl methyl sites for hydroxylation is 1. The highest BCUT2D eigenvalue weighted by atomic mass is 35.5. The number of nitrogens with zero attached hydrogens (tertiary/aromatic N) is 1. The SMILES string of the molecule is Cc1cc(C(=O)Nc2cc3c(cc2Cl)OCO3)cc(Cl)n1. The molecule has 0 fully saturated rings. The third kappa shape index (κ3) is 2.89. The molecule has 21 heavy (non-hydrogen) atoms. The van der Waals surface area contributed by atoms with E-state index in [1.165, 1.54) is 6.07 Å². The molecule has 1 aromatic carbocycles. The normalized spacial score (nSPS) is 12.3. The van der Waals surface area contributed by atoms with E-state index in [2.05, 4.69) is 10.3 Å². The highest BCUT2D eigenvalue weighted by molar-refractivity contribution is 6.34. The fourth-order valence-corrected chi connectivity index (χ4v) is 2.42. The summed E-state index contributed by atoms with van der Waals surface area (Å²) < 4.78 is 10.5. The first kappa shape index (κ1) is 14.0. The van der Waals surface area contributed by atoms with Gasteiger partial charge in [0.2, 0.25) is 6.79 Å². The monoisotopic (exact) mass is 324 g/mol. The molecule has 1 aliphatic heterocycles. The first-order valence-corrected chi connectivity index (χ1v) is 6.83. The maximum atomic E-state index is 12.2. The van der Waals surface area contributed by atoms with Gasteiger partial charge in [0.25, 0.3) is 5.91 Å². The molecule has 7 heteroatoms. The number of aromatic nitrogens is 1. The lowest BCUT2D eigenvalue weighted by Gasteiger charge is -2.09. The minimum atomic E-state index is -0.330. The van der Waals surface area contributed by atoms with Crippen molar-refractivity contribution in [1.29, 1.82) is 0 Å². The van der Waals surface area contributed by atoms with Crippen molar-refractivity contribution in [2.45, 2.75) is 6.92 Å². The van der Waals surface area contributed by atoms with E-state index in [1.54, 1.807) is 25.1 Å². The van der Waals surface area contributed by atoms with Crippen LogP contribution in [0.4, 0.5) is 5.69 Å². The zero-order valence-corrected chi connectivity index (χ0v) is 12.5. The zero-order chi connectivity index (χ0) is 15.0. The number of anilines is 1. The quantitative estimate of drug-likeness (QED) is 0.856. The van der Waals surface area contributed by atoms with Crippen LogP contribution in [0, 0.1) is 6.92 Å². The van der Waals surface area contributed by atoms with Crippen LogP contribution in [0.1, 0.15) is 16.1 Å². The number of halogens is 2. The van der Waals surface area contributed by atoms with Gasteiger partial charge in [0, 0.05) is 23.4 Å². The van der Waals surface area contributed by atoms with Gasteiger partial charge in [0.05, 0.1) is 10.7 Å². The molecule has 0 unspecified atom stereocenters. The molecule has 1 aromatic heterocycles. The smallest absolute Gasteiger partial charge is 0.255 e. The van der Waals surface area contributed by atoms with Crippen LogP contribution in [0.25, 0.3) is 0 Å². The van der Waals surface area contributed by atoms with Gasteiger partial charge in [-0.1, -0.05) is 23.2 Å². The highest BCUT2D eigenvalue weighted by Crippen LogP contribution is 2.39. The van der Waals surface area contributed by atoms with E-state index in [4.69, 9.17) is 32.7 Å². The molecule has 5 nitrogen and oxygen atoms in total. The second kappa shape index (κ2) is 5.42. The predicted octanol–water partition coefficient (Wildman–Crippen LogP) is 3.68. The van der Waals surface area contributed by atoms with Crippen molar-refractivity contribution >= 4 is 34.8 Å². The number of carbonyl (C=O) groups is 1. The average Bonchev–Trinajstić information content (AvgIpc) is 2.85. The molecule has 0 aliphatic carbocycles. The van der Waals surface area contributed by atoms with E-state index in [1.807, 2.05) is 0 Å². The van der Waals surface area contributed by atoms with Crippen LogP contribution in [0.3, 0.4) is 0 Å². The number of benzene rings is 1. The predicted molar refractivity (Wildman–Crippen MR) is 79.5 cm³/mol. The summed E-state index contributed by atoms with van der Waals surface area (Å²) in [5.41, 5.74) is 1.50. The van der Waals surface area contributed by atoms with E-state index >= 15 is 0 Å². The van der Waals surface area contributed by atoms with Crippen LogP contribution in [-0.2, 0) is 0 Å². The number of nitrogens with one attached hydrogen (secondary N) is 1. The molecule has 108 valence electrons. The van der Waals surface area contributed by atoms with E-state index < -0.39 is 0 Å². The Morgan fingerprint density at radius 3 is 2.62 bits per heavy atom. The van der Waals surface area contributed by atoms with Crippen molar-refractivity contribution in [3.63, 3.8) is 0 Å². The molecule has 2 aromatic rings. The summed E-state index contributed by atoms with van der Waals surface area (Å²) >= 11 is 12.0. The Hall–Kier alpha value is -1.98. The highest BCUT2D eigenvalue weighted by Gasteiger charge is 2.18. The van der Waals surface area contributed by atoms with E-state index in [-0.39, 0.29) is 17.9 Å². The average molecular weight is 325 g/mol. The third-order valence-electron chi connectivity index (χ3n) is 2.89. The Bertz CT molecular complexity index is 714. The van der Waals surface area contributed by atoms with Gasteiger partial charge in [-0.25, -0.2) is 4.98 Å². The fraction of sp³-hybridized carbons (Fsp3) is 0.143. The summed E-state index contributed by atoms with van der Waals surface area (Å²) in [4.78, 5) is 16.3. The van der Waals surface area contributed by atoms with Crippen LogP contribution in [0.2, 0.25) is 10.2 Å². The van der Waals surface area contributed by atoms with Crippen LogP contribution < -0.4 is 14.8 Å². The van der Waals surface area contributed by atoms with Crippen molar-refractivity contribution in [3.8, 4) is 11.5 Å². The Morgan fingerprint density at radius 1 is 1.19 bits per heavy atom. The van der Waals surface area contributed by atoms with Gasteiger partial charge >= 0.3 is 0 Å². The van der Waals surface area contributed by atoms with Crippen LogP contribution in [-0.4, -0.2) is 17.7 Å². The molecular weight excluding hydrogens is 315 g/mol. The summed E-state index contributed by atoms with van der Waals surface area (Å²) in [6.45, 7) is 1.90. The minimum Gasteiger partial charge on any atom is -0.454 e. The van der Waals surface area contributed by atoms with Gasteiger partial charge in [-0.05, 0) is 19.1 Å². The summed E-state index contributed by atoms with van der Waals surface area (Å²) in [7, 11) is 0. The van der Waals surface area contributed by atoms with E-state index in [0.717, 1.165) is 0 Å². The molecule has 3 rings (SSSR count). The van der Waals surface area contributed by atoms with Gasteiger partial charge in [0.1, 0.15) is 5.15 Å². The van der Waals surface area contributed by atoms with Crippen LogP contribution in [0.15, 0.2) is 24.3 Å². The lowest BCUT2D eigenvalue weighted by Crippen LogP contribution is -2.12. The summed E-state index contributed by atoms with van der Waals surface area (Å²) in [5.74, 6) is 0.766. The Labute approximate surface area is 130 Å². The molecule has 0 saturated carbocycles.